The molecule has 2 aromatic rings. The quantitative estimate of drug-likeness (QED) is 0.865. The van der Waals surface area contributed by atoms with Gasteiger partial charge in [-0.15, -0.1) is 0 Å². The van der Waals surface area contributed by atoms with E-state index in [1.54, 1.807) is 6.20 Å². The minimum atomic E-state index is -0.895. The molecule has 1 aliphatic rings. The van der Waals surface area contributed by atoms with Crippen LogP contribution in [-0.4, -0.2) is 48.3 Å². The number of H-pyrrole nitrogens is 1. The summed E-state index contributed by atoms with van der Waals surface area (Å²) in [5.41, 5.74) is 3.33. The molecule has 22 heavy (non-hydrogen) atoms. The van der Waals surface area contributed by atoms with Gasteiger partial charge in [-0.3, -0.25) is 9.58 Å². The molecule has 1 fully saturated rings. The van der Waals surface area contributed by atoms with Crippen molar-refractivity contribution in [1.82, 2.24) is 30.1 Å². The molecule has 2 aromatic heterocycles. The fourth-order valence-corrected chi connectivity index (χ4v) is 3.26. The summed E-state index contributed by atoms with van der Waals surface area (Å²) in [6.45, 7) is 9.56. The lowest BCUT2D eigenvalue weighted by Crippen LogP contribution is -2.31. The average molecular weight is 304 g/mol. The van der Waals surface area contributed by atoms with E-state index in [0.29, 0.717) is 18.7 Å². The number of nitrogens with zero attached hydrogens (tertiary/aromatic N) is 5. The summed E-state index contributed by atoms with van der Waals surface area (Å²) in [7, 11) is 0. The minimum Gasteiger partial charge on any atom is -0.382 e. The van der Waals surface area contributed by atoms with Gasteiger partial charge >= 0.3 is 0 Å². The molecule has 7 nitrogen and oxygen atoms in total. The largest absolute Gasteiger partial charge is 0.382 e. The second-order valence-electron chi connectivity index (χ2n) is 6.22. The van der Waals surface area contributed by atoms with E-state index in [-0.39, 0.29) is 0 Å². The zero-order valence-electron chi connectivity index (χ0n) is 13.5. The smallest absolute Gasteiger partial charge is 0.124 e. The summed E-state index contributed by atoms with van der Waals surface area (Å²) < 4.78 is 2.09. The molecule has 7 heteroatoms. The Morgan fingerprint density at radius 1 is 1.41 bits per heavy atom. The second kappa shape index (κ2) is 5.81. The standard InChI is InChI=1S/C15H24N6O/c1-4-6-21-12(3)13(11(2)18-21)9-20-7-5-15(22,10-20)14-8-16-19-17-14/h8,22H,4-7,9-10H2,1-3H3,(H,16,17,19). The van der Waals surface area contributed by atoms with Crippen LogP contribution in [0, 0.1) is 13.8 Å². The Balaban J connectivity index is 1.73. The number of aryl methyl sites for hydroxylation is 2. The van der Waals surface area contributed by atoms with Crippen LogP contribution in [-0.2, 0) is 18.7 Å². The number of rotatable bonds is 5. The van der Waals surface area contributed by atoms with Crippen molar-refractivity contribution < 1.29 is 5.11 Å². The molecule has 1 saturated heterocycles. The number of nitrogens with one attached hydrogen (secondary N) is 1. The van der Waals surface area contributed by atoms with E-state index in [4.69, 9.17) is 0 Å². The molecular weight excluding hydrogens is 280 g/mol. The minimum absolute atomic E-state index is 0.581. The van der Waals surface area contributed by atoms with E-state index in [0.717, 1.165) is 31.7 Å². The molecule has 120 valence electrons. The fraction of sp³-hybridized carbons (Fsp3) is 0.667. The van der Waals surface area contributed by atoms with Gasteiger partial charge in [0.1, 0.15) is 11.3 Å². The number of aromatic amines is 1. The van der Waals surface area contributed by atoms with Gasteiger partial charge in [0.05, 0.1) is 11.9 Å². The maximum absolute atomic E-state index is 10.7. The molecule has 0 amide bonds. The summed E-state index contributed by atoms with van der Waals surface area (Å²) in [6, 6.07) is 0. The molecule has 3 heterocycles. The fourth-order valence-electron chi connectivity index (χ4n) is 3.26. The topological polar surface area (TPSA) is 82.9 Å². The third kappa shape index (κ3) is 2.66. The number of hydrogen-bond donors (Lipinski definition) is 2. The SMILES string of the molecule is CCCn1nc(C)c(CN2CCC(O)(c3cn[nH]n3)C2)c1C. The van der Waals surface area contributed by atoms with Crippen LogP contribution in [0.25, 0.3) is 0 Å². The predicted molar refractivity (Wildman–Crippen MR) is 82.2 cm³/mol. The molecule has 1 aliphatic heterocycles. The van der Waals surface area contributed by atoms with E-state index >= 15 is 0 Å². The van der Waals surface area contributed by atoms with Crippen LogP contribution < -0.4 is 0 Å². The zero-order chi connectivity index (χ0) is 15.7. The first-order chi connectivity index (χ1) is 10.5. The van der Waals surface area contributed by atoms with Crippen molar-refractivity contribution in [2.24, 2.45) is 0 Å². The van der Waals surface area contributed by atoms with Crippen molar-refractivity contribution in [3.05, 3.63) is 28.8 Å². The maximum Gasteiger partial charge on any atom is 0.124 e. The van der Waals surface area contributed by atoms with Crippen LogP contribution in [0.15, 0.2) is 6.20 Å². The van der Waals surface area contributed by atoms with Crippen LogP contribution >= 0.6 is 0 Å². The van der Waals surface area contributed by atoms with Crippen molar-refractivity contribution in [2.75, 3.05) is 13.1 Å². The normalized spacial score (nSPS) is 22.5. The van der Waals surface area contributed by atoms with Gasteiger partial charge in [-0.25, -0.2) is 0 Å². The maximum atomic E-state index is 10.7. The Morgan fingerprint density at radius 2 is 2.23 bits per heavy atom. The van der Waals surface area contributed by atoms with Gasteiger partial charge < -0.3 is 5.11 Å². The lowest BCUT2D eigenvalue weighted by molar-refractivity contribution is 0.0408. The van der Waals surface area contributed by atoms with Gasteiger partial charge in [0.25, 0.3) is 0 Å². The molecule has 0 radical (unpaired) electrons. The van der Waals surface area contributed by atoms with Gasteiger partial charge in [0.2, 0.25) is 0 Å². The highest BCUT2D eigenvalue weighted by Crippen LogP contribution is 2.31. The zero-order valence-corrected chi connectivity index (χ0v) is 13.5. The summed E-state index contributed by atoms with van der Waals surface area (Å²) in [5.74, 6) is 0. The van der Waals surface area contributed by atoms with E-state index in [2.05, 4.69) is 50.9 Å². The summed E-state index contributed by atoms with van der Waals surface area (Å²) in [4.78, 5) is 2.27. The van der Waals surface area contributed by atoms with Gasteiger partial charge in [-0.2, -0.15) is 20.5 Å². The van der Waals surface area contributed by atoms with Crippen LogP contribution in [0.3, 0.4) is 0 Å². The number of β-amino-alcohol motifs (C(OH)–C–C–N with tert-alkyl or cyclic N) is 1. The highest BCUT2D eigenvalue weighted by molar-refractivity contribution is 5.25. The van der Waals surface area contributed by atoms with Gasteiger partial charge in [-0.1, -0.05) is 6.92 Å². The Hall–Kier alpha value is -1.73. The average Bonchev–Trinajstić information content (AvgIpc) is 3.18. The van der Waals surface area contributed by atoms with Gasteiger partial charge in [0, 0.05) is 37.4 Å². The molecule has 1 unspecified atom stereocenters. The molecule has 0 aliphatic carbocycles. The van der Waals surface area contributed by atoms with Crippen molar-refractivity contribution in [1.29, 1.82) is 0 Å². The predicted octanol–water partition coefficient (Wildman–Crippen LogP) is 1.12. The molecule has 3 rings (SSSR count). The molecule has 0 spiro atoms. The summed E-state index contributed by atoms with van der Waals surface area (Å²) in [6.07, 6.45) is 3.37. The van der Waals surface area contributed by atoms with Crippen molar-refractivity contribution in [2.45, 2.75) is 52.3 Å². The van der Waals surface area contributed by atoms with Crippen LogP contribution in [0.5, 0.6) is 0 Å². The highest BCUT2D eigenvalue weighted by Gasteiger charge is 2.40. The van der Waals surface area contributed by atoms with Crippen molar-refractivity contribution >= 4 is 0 Å². The summed E-state index contributed by atoms with van der Waals surface area (Å²) >= 11 is 0. The van der Waals surface area contributed by atoms with Crippen molar-refractivity contribution in [3.8, 4) is 0 Å². The Morgan fingerprint density at radius 3 is 2.91 bits per heavy atom. The molecule has 0 aromatic carbocycles. The van der Waals surface area contributed by atoms with E-state index in [1.807, 2.05) is 0 Å². The lowest BCUT2D eigenvalue weighted by Gasteiger charge is -2.21. The first-order valence-electron chi connectivity index (χ1n) is 7.87. The monoisotopic (exact) mass is 304 g/mol. The van der Waals surface area contributed by atoms with Crippen molar-refractivity contribution in [3.63, 3.8) is 0 Å². The third-order valence-corrected chi connectivity index (χ3v) is 4.57. The number of hydrogen-bond acceptors (Lipinski definition) is 5. The summed E-state index contributed by atoms with van der Waals surface area (Å²) in [5, 5.41) is 25.8. The van der Waals surface area contributed by atoms with Gasteiger partial charge in [0.15, 0.2) is 0 Å². The third-order valence-electron chi connectivity index (χ3n) is 4.57. The lowest BCUT2D eigenvalue weighted by atomic mass is 10.00. The Labute approximate surface area is 130 Å². The number of likely N-dealkylation sites (tertiary alicyclic amines) is 1. The van der Waals surface area contributed by atoms with Crippen LogP contribution in [0.4, 0.5) is 0 Å². The first-order valence-corrected chi connectivity index (χ1v) is 7.87. The van der Waals surface area contributed by atoms with E-state index in [1.165, 1.54) is 11.3 Å². The number of aromatic nitrogens is 5. The van der Waals surface area contributed by atoms with Gasteiger partial charge in [-0.05, 0) is 26.7 Å². The van der Waals surface area contributed by atoms with Crippen LogP contribution in [0.1, 0.15) is 42.4 Å². The molecule has 0 bridgehead atoms. The first kappa shape index (κ1) is 15.2. The second-order valence-corrected chi connectivity index (χ2v) is 6.22. The van der Waals surface area contributed by atoms with Crippen LogP contribution in [0.2, 0.25) is 0 Å². The molecule has 2 N–H and O–H groups in total. The molecular formula is C15H24N6O. The number of aliphatic hydroxyl groups is 1. The molecule has 0 saturated carbocycles. The van der Waals surface area contributed by atoms with E-state index in [9.17, 15) is 5.11 Å². The van der Waals surface area contributed by atoms with E-state index < -0.39 is 5.60 Å². The Kier molecular flexibility index (Phi) is 4.01. The highest BCUT2D eigenvalue weighted by atomic mass is 16.3. The Bertz CT molecular complexity index is 635. The molecule has 1 atom stereocenters.